The number of aromatic hydroxyl groups is 1. The van der Waals surface area contributed by atoms with Crippen molar-refractivity contribution in [1.82, 2.24) is 10.2 Å². The number of phenols is 1. The summed E-state index contributed by atoms with van der Waals surface area (Å²) in [6.07, 6.45) is 1.62. The molecule has 1 heterocycles. The van der Waals surface area contributed by atoms with E-state index in [1.54, 1.807) is 24.4 Å². The van der Waals surface area contributed by atoms with Crippen LogP contribution < -0.4 is 10.5 Å². The molecule has 0 spiro atoms. The van der Waals surface area contributed by atoms with Crippen molar-refractivity contribution in [3.8, 4) is 5.75 Å². The Balaban J connectivity index is 2.02. The van der Waals surface area contributed by atoms with Crippen LogP contribution in [0.5, 0.6) is 5.75 Å². The van der Waals surface area contributed by atoms with Crippen molar-refractivity contribution in [2.75, 3.05) is 4.72 Å². The van der Waals surface area contributed by atoms with Gasteiger partial charge in [0, 0.05) is 5.39 Å². The zero-order valence-corrected chi connectivity index (χ0v) is 13.4. The third kappa shape index (κ3) is 2.76. The predicted molar refractivity (Wildman–Crippen MR) is 88.3 cm³/mol. The highest BCUT2D eigenvalue weighted by atomic mass is 32.2. The van der Waals surface area contributed by atoms with Crippen molar-refractivity contribution in [2.45, 2.75) is 11.8 Å². The molecule has 0 unspecified atom stereocenters. The second kappa shape index (κ2) is 5.53. The van der Waals surface area contributed by atoms with Gasteiger partial charge in [0.05, 0.1) is 27.9 Å². The quantitative estimate of drug-likeness (QED) is 0.567. The van der Waals surface area contributed by atoms with Gasteiger partial charge in [-0.15, -0.1) is 0 Å². The minimum absolute atomic E-state index is 0.170. The number of carbonyl (C=O) groups is 1. The van der Waals surface area contributed by atoms with E-state index in [9.17, 15) is 18.3 Å². The number of nitrogens with two attached hydrogens (primary N) is 1. The number of nitrogens with zero attached hydrogens (tertiary/aromatic N) is 1. The van der Waals surface area contributed by atoms with Gasteiger partial charge in [-0.25, -0.2) is 8.42 Å². The number of fused-ring (bicyclic) bond motifs is 1. The van der Waals surface area contributed by atoms with Crippen LogP contribution in [0.4, 0.5) is 5.69 Å². The van der Waals surface area contributed by atoms with Gasteiger partial charge in [0.2, 0.25) is 0 Å². The van der Waals surface area contributed by atoms with E-state index in [-0.39, 0.29) is 21.8 Å². The first-order chi connectivity index (χ1) is 11.3. The second-order valence-corrected chi connectivity index (χ2v) is 6.96. The highest BCUT2D eigenvalue weighted by molar-refractivity contribution is 7.92. The zero-order valence-electron chi connectivity index (χ0n) is 12.6. The van der Waals surface area contributed by atoms with Gasteiger partial charge in [-0.05, 0) is 42.8 Å². The third-order valence-electron chi connectivity index (χ3n) is 3.54. The van der Waals surface area contributed by atoms with Gasteiger partial charge in [-0.1, -0.05) is 0 Å². The molecule has 3 aromatic rings. The molecule has 0 aliphatic carbocycles. The van der Waals surface area contributed by atoms with Crippen LogP contribution in [0, 0.1) is 6.92 Å². The Kier molecular flexibility index (Phi) is 3.64. The monoisotopic (exact) mass is 346 g/mol. The van der Waals surface area contributed by atoms with E-state index in [4.69, 9.17) is 5.73 Å². The lowest BCUT2D eigenvalue weighted by atomic mass is 10.1. The van der Waals surface area contributed by atoms with Crippen molar-refractivity contribution in [3.63, 3.8) is 0 Å². The van der Waals surface area contributed by atoms with E-state index in [1.165, 1.54) is 13.0 Å². The number of rotatable bonds is 4. The number of anilines is 1. The molecule has 0 saturated carbocycles. The number of sulfonamides is 1. The highest BCUT2D eigenvalue weighted by Crippen LogP contribution is 2.27. The SMILES string of the molecule is Cc1cc(S(=O)(=O)Nc2ccc3cn[nH]c3c2)cc(C(N)=O)c1O. The third-order valence-corrected chi connectivity index (χ3v) is 4.90. The topological polar surface area (TPSA) is 138 Å². The molecule has 1 amide bonds. The molecule has 2 aromatic carbocycles. The van der Waals surface area contributed by atoms with Crippen LogP contribution in [0.2, 0.25) is 0 Å². The maximum Gasteiger partial charge on any atom is 0.261 e. The number of benzene rings is 2. The van der Waals surface area contributed by atoms with E-state index in [0.717, 1.165) is 11.5 Å². The summed E-state index contributed by atoms with van der Waals surface area (Å²) in [4.78, 5) is 11.2. The fourth-order valence-electron chi connectivity index (χ4n) is 2.30. The van der Waals surface area contributed by atoms with E-state index in [1.807, 2.05) is 0 Å². The summed E-state index contributed by atoms with van der Waals surface area (Å²) in [6.45, 7) is 1.48. The molecule has 24 heavy (non-hydrogen) atoms. The highest BCUT2D eigenvalue weighted by Gasteiger charge is 2.20. The molecule has 0 aliphatic rings. The van der Waals surface area contributed by atoms with Crippen LogP contribution in [-0.2, 0) is 10.0 Å². The molecule has 3 rings (SSSR count). The van der Waals surface area contributed by atoms with Crippen LogP contribution in [-0.4, -0.2) is 29.6 Å². The van der Waals surface area contributed by atoms with Crippen molar-refractivity contribution < 1.29 is 18.3 Å². The van der Waals surface area contributed by atoms with Crippen LogP contribution in [0.3, 0.4) is 0 Å². The van der Waals surface area contributed by atoms with Gasteiger partial charge in [-0.3, -0.25) is 14.6 Å². The Morgan fingerprint density at radius 2 is 2.04 bits per heavy atom. The molecule has 0 radical (unpaired) electrons. The van der Waals surface area contributed by atoms with Gasteiger partial charge in [0.1, 0.15) is 5.75 Å². The van der Waals surface area contributed by atoms with Crippen LogP contribution in [0.15, 0.2) is 41.4 Å². The maximum absolute atomic E-state index is 12.5. The van der Waals surface area contributed by atoms with Crippen LogP contribution in [0.25, 0.3) is 10.9 Å². The first-order valence-electron chi connectivity index (χ1n) is 6.87. The number of hydrogen-bond donors (Lipinski definition) is 4. The molecule has 5 N–H and O–H groups in total. The number of aromatic amines is 1. The van der Waals surface area contributed by atoms with E-state index in [2.05, 4.69) is 14.9 Å². The van der Waals surface area contributed by atoms with Crippen molar-refractivity contribution >= 4 is 32.5 Å². The summed E-state index contributed by atoms with van der Waals surface area (Å²) < 4.78 is 27.5. The summed E-state index contributed by atoms with van der Waals surface area (Å²) in [5.74, 6) is -1.24. The molecular formula is C15H14N4O4S. The molecule has 0 fully saturated rings. The summed E-state index contributed by atoms with van der Waals surface area (Å²) in [5.41, 5.74) is 6.16. The summed E-state index contributed by atoms with van der Waals surface area (Å²) in [5, 5.41) is 17.3. The van der Waals surface area contributed by atoms with Gasteiger partial charge >= 0.3 is 0 Å². The van der Waals surface area contributed by atoms with Gasteiger partial charge in [0.25, 0.3) is 15.9 Å². The Hall–Kier alpha value is -3.07. The average molecular weight is 346 g/mol. The van der Waals surface area contributed by atoms with Crippen molar-refractivity contribution in [3.05, 3.63) is 47.7 Å². The summed E-state index contributed by atoms with van der Waals surface area (Å²) in [6, 6.07) is 7.22. The fourth-order valence-corrected chi connectivity index (χ4v) is 3.46. The van der Waals surface area contributed by atoms with Gasteiger partial charge in [-0.2, -0.15) is 5.10 Å². The molecule has 0 bridgehead atoms. The molecule has 0 atom stereocenters. The molecule has 124 valence electrons. The summed E-state index contributed by atoms with van der Waals surface area (Å²) in [7, 11) is -3.96. The van der Waals surface area contributed by atoms with E-state index >= 15 is 0 Å². The minimum Gasteiger partial charge on any atom is -0.507 e. The first kappa shape index (κ1) is 15.8. The number of amides is 1. The molecule has 0 aliphatic heterocycles. The average Bonchev–Trinajstić information content (AvgIpc) is 2.96. The maximum atomic E-state index is 12.5. The smallest absolute Gasteiger partial charge is 0.261 e. The number of nitrogens with one attached hydrogen (secondary N) is 2. The Labute approximate surface area is 137 Å². The second-order valence-electron chi connectivity index (χ2n) is 5.28. The molecule has 9 heteroatoms. The van der Waals surface area contributed by atoms with Crippen molar-refractivity contribution in [2.24, 2.45) is 5.73 Å². The molecule has 8 nitrogen and oxygen atoms in total. The van der Waals surface area contributed by atoms with Crippen molar-refractivity contribution in [1.29, 1.82) is 0 Å². The lowest BCUT2D eigenvalue weighted by Crippen LogP contribution is -2.16. The summed E-state index contributed by atoms with van der Waals surface area (Å²) >= 11 is 0. The zero-order chi connectivity index (χ0) is 17.5. The molecule has 1 aromatic heterocycles. The normalized spacial score (nSPS) is 11.5. The number of H-pyrrole nitrogens is 1. The lowest BCUT2D eigenvalue weighted by Gasteiger charge is -2.11. The Morgan fingerprint density at radius 3 is 2.75 bits per heavy atom. The number of hydrogen-bond acceptors (Lipinski definition) is 5. The largest absolute Gasteiger partial charge is 0.507 e. The number of aromatic nitrogens is 2. The van der Waals surface area contributed by atoms with E-state index in [0.29, 0.717) is 11.2 Å². The van der Waals surface area contributed by atoms with Gasteiger partial charge in [0.15, 0.2) is 0 Å². The van der Waals surface area contributed by atoms with Crippen LogP contribution >= 0.6 is 0 Å². The minimum atomic E-state index is -3.96. The molecular weight excluding hydrogens is 332 g/mol. The Morgan fingerprint density at radius 1 is 1.29 bits per heavy atom. The number of aryl methyl sites for hydroxylation is 1. The van der Waals surface area contributed by atoms with E-state index < -0.39 is 15.9 Å². The first-order valence-corrected chi connectivity index (χ1v) is 8.35. The van der Waals surface area contributed by atoms with Crippen LogP contribution in [0.1, 0.15) is 15.9 Å². The standard InChI is InChI=1S/C15H14N4O4S/c1-8-4-11(6-12(14(8)20)15(16)21)24(22,23)19-10-3-2-9-7-17-18-13(9)5-10/h2-7,19-20H,1H3,(H2,16,21)(H,17,18). The lowest BCUT2D eigenvalue weighted by molar-refractivity contribution is 0.0997. The van der Waals surface area contributed by atoms with Gasteiger partial charge < -0.3 is 10.8 Å². The fraction of sp³-hybridized carbons (Fsp3) is 0.0667. The Bertz CT molecular complexity index is 1060. The molecule has 0 saturated heterocycles. The predicted octanol–water partition coefficient (Wildman–Crippen LogP) is 1.48. The number of primary amides is 1. The number of carbonyl (C=O) groups excluding carboxylic acids is 1.